The first kappa shape index (κ1) is 16.3. The normalized spacial score (nSPS) is 10.5. The molecule has 0 fully saturated rings. The van der Waals surface area contributed by atoms with E-state index in [0.717, 1.165) is 18.9 Å². The molecule has 3 heteroatoms. The van der Waals surface area contributed by atoms with Gasteiger partial charge in [0, 0.05) is 6.54 Å². The average Bonchev–Trinajstić information content (AvgIpc) is 2.20. The molecule has 0 bridgehead atoms. The summed E-state index contributed by atoms with van der Waals surface area (Å²) in [5.41, 5.74) is 2.55. The molecule has 0 aliphatic heterocycles. The number of aryl methyl sites for hydroxylation is 1. The standard InChI is InChI=1S/C14H23NO.ClH/c1-11(2)13-7-6-12(3)14(10-13)16-9-8-15(4)5;/h6-7,10-11H,8-9H2,1-5H3;1H. The van der Waals surface area contributed by atoms with Crippen LogP contribution in [-0.4, -0.2) is 32.1 Å². The summed E-state index contributed by atoms with van der Waals surface area (Å²) >= 11 is 0. The highest BCUT2D eigenvalue weighted by Gasteiger charge is 2.04. The fraction of sp³-hybridized carbons (Fsp3) is 0.571. The van der Waals surface area contributed by atoms with Gasteiger partial charge in [-0.2, -0.15) is 0 Å². The zero-order chi connectivity index (χ0) is 12.1. The maximum atomic E-state index is 5.80. The molecule has 0 aromatic heterocycles. The molecule has 1 rings (SSSR count). The van der Waals surface area contributed by atoms with Gasteiger partial charge >= 0.3 is 0 Å². The van der Waals surface area contributed by atoms with Crippen molar-refractivity contribution in [2.45, 2.75) is 26.7 Å². The number of rotatable bonds is 5. The number of ether oxygens (including phenoxy) is 1. The van der Waals surface area contributed by atoms with Crippen molar-refractivity contribution in [2.75, 3.05) is 27.2 Å². The summed E-state index contributed by atoms with van der Waals surface area (Å²) in [5.74, 6) is 1.57. The van der Waals surface area contributed by atoms with Gasteiger partial charge in [0.1, 0.15) is 12.4 Å². The first-order valence-corrected chi connectivity index (χ1v) is 5.88. The Hall–Kier alpha value is -0.730. The van der Waals surface area contributed by atoms with Crippen LogP contribution in [0.4, 0.5) is 0 Å². The Balaban J connectivity index is 0.00000256. The van der Waals surface area contributed by atoms with E-state index in [2.05, 4.69) is 58.0 Å². The van der Waals surface area contributed by atoms with E-state index in [4.69, 9.17) is 4.74 Å². The van der Waals surface area contributed by atoms with E-state index in [1.165, 1.54) is 11.1 Å². The number of benzene rings is 1. The number of hydrogen-bond donors (Lipinski definition) is 0. The summed E-state index contributed by atoms with van der Waals surface area (Å²) in [7, 11) is 4.11. The van der Waals surface area contributed by atoms with E-state index >= 15 is 0 Å². The van der Waals surface area contributed by atoms with Gasteiger partial charge in [0.05, 0.1) is 0 Å². The number of nitrogens with zero attached hydrogens (tertiary/aromatic N) is 1. The monoisotopic (exact) mass is 257 g/mol. The third kappa shape index (κ3) is 5.42. The molecule has 0 aliphatic carbocycles. The molecule has 17 heavy (non-hydrogen) atoms. The fourth-order valence-electron chi connectivity index (χ4n) is 1.47. The highest BCUT2D eigenvalue weighted by atomic mass is 35.5. The molecule has 1 aromatic carbocycles. The van der Waals surface area contributed by atoms with Gasteiger partial charge in [-0.1, -0.05) is 26.0 Å². The van der Waals surface area contributed by atoms with Crippen LogP contribution in [-0.2, 0) is 0 Å². The van der Waals surface area contributed by atoms with Crippen molar-refractivity contribution in [3.8, 4) is 5.75 Å². The Labute approximate surface area is 111 Å². The molecule has 0 heterocycles. The van der Waals surface area contributed by atoms with Crippen LogP contribution in [0.25, 0.3) is 0 Å². The van der Waals surface area contributed by atoms with Crippen LogP contribution in [0.5, 0.6) is 5.75 Å². The highest BCUT2D eigenvalue weighted by Crippen LogP contribution is 2.24. The van der Waals surface area contributed by atoms with Crippen molar-refractivity contribution in [2.24, 2.45) is 0 Å². The lowest BCUT2D eigenvalue weighted by Gasteiger charge is -2.14. The molecule has 0 saturated carbocycles. The molecule has 0 radical (unpaired) electrons. The quantitative estimate of drug-likeness (QED) is 0.801. The molecular weight excluding hydrogens is 234 g/mol. The van der Waals surface area contributed by atoms with Gasteiger partial charge in [-0.15, -0.1) is 12.4 Å². The lowest BCUT2D eigenvalue weighted by Crippen LogP contribution is -2.19. The largest absolute Gasteiger partial charge is 0.492 e. The Morgan fingerprint density at radius 3 is 2.41 bits per heavy atom. The van der Waals surface area contributed by atoms with Gasteiger partial charge in [0.2, 0.25) is 0 Å². The van der Waals surface area contributed by atoms with E-state index < -0.39 is 0 Å². The lowest BCUT2D eigenvalue weighted by atomic mass is 10.0. The first-order chi connectivity index (χ1) is 7.50. The molecule has 0 spiro atoms. The predicted molar refractivity (Wildman–Crippen MR) is 76.6 cm³/mol. The van der Waals surface area contributed by atoms with Crippen LogP contribution in [0.15, 0.2) is 18.2 Å². The second-order valence-corrected chi connectivity index (χ2v) is 4.83. The van der Waals surface area contributed by atoms with Crippen molar-refractivity contribution in [3.05, 3.63) is 29.3 Å². The van der Waals surface area contributed by atoms with E-state index in [9.17, 15) is 0 Å². The number of hydrogen-bond acceptors (Lipinski definition) is 2. The fourth-order valence-corrected chi connectivity index (χ4v) is 1.47. The van der Waals surface area contributed by atoms with Gasteiger partial charge in [0.15, 0.2) is 0 Å². The van der Waals surface area contributed by atoms with E-state index in [-0.39, 0.29) is 12.4 Å². The Morgan fingerprint density at radius 2 is 1.88 bits per heavy atom. The summed E-state index contributed by atoms with van der Waals surface area (Å²) in [6.45, 7) is 8.19. The van der Waals surface area contributed by atoms with E-state index in [1.54, 1.807) is 0 Å². The third-order valence-electron chi connectivity index (χ3n) is 2.67. The van der Waals surface area contributed by atoms with Gasteiger partial charge in [-0.05, 0) is 44.1 Å². The summed E-state index contributed by atoms with van der Waals surface area (Å²) in [6.07, 6.45) is 0. The van der Waals surface area contributed by atoms with Crippen molar-refractivity contribution >= 4 is 12.4 Å². The van der Waals surface area contributed by atoms with Crippen LogP contribution < -0.4 is 4.74 Å². The summed E-state index contributed by atoms with van der Waals surface area (Å²) < 4.78 is 5.80. The van der Waals surface area contributed by atoms with Crippen LogP contribution >= 0.6 is 12.4 Å². The van der Waals surface area contributed by atoms with Crippen molar-refractivity contribution < 1.29 is 4.74 Å². The SMILES string of the molecule is Cc1ccc(C(C)C)cc1OCCN(C)C.Cl. The van der Waals surface area contributed by atoms with Gasteiger partial charge in [0.25, 0.3) is 0 Å². The zero-order valence-electron chi connectivity index (χ0n) is 11.5. The van der Waals surface area contributed by atoms with Crippen molar-refractivity contribution in [3.63, 3.8) is 0 Å². The Bertz CT molecular complexity index is 337. The molecule has 98 valence electrons. The molecular formula is C14H24ClNO. The van der Waals surface area contributed by atoms with Gasteiger partial charge in [-0.3, -0.25) is 0 Å². The maximum absolute atomic E-state index is 5.80. The average molecular weight is 258 g/mol. The molecule has 0 N–H and O–H groups in total. The second kappa shape index (κ2) is 7.57. The minimum atomic E-state index is 0. The minimum Gasteiger partial charge on any atom is -0.492 e. The van der Waals surface area contributed by atoms with Crippen LogP contribution in [0.1, 0.15) is 30.9 Å². The summed E-state index contributed by atoms with van der Waals surface area (Å²) in [5, 5.41) is 0. The van der Waals surface area contributed by atoms with Crippen molar-refractivity contribution in [1.82, 2.24) is 4.90 Å². The topological polar surface area (TPSA) is 12.5 Å². The molecule has 0 atom stereocenters. The second-order valence-electron chi connectivity index (χ2n) is 4.83. The predicted octanol–water partition coefficient (Wildman–Crippen LogP) is 3.48. The molecule has 0 saturated heterocycles. The van der Waals surface area contributed by atoms with Crippen LogP contribution in [0.3, 0.4) is 0 Å². The summed E-state index contributed by atoms with van der Waals surface area (Å²) in [6, 6.07) is 6.48. The summed E-state index contributed by atoms with van der Waals surface area (Å²) in [4.78, 5) is 2.13. The zero-order valence-corrected chi connectivity index (χ0v) is 12.3. The van der Waals surface area contributed by atoms with Crippen LogP contribution in [0, 0.1) is 6.92 Å². The Morgan fingerprint density at radius 1 is 1.24 bits per heavy atom. The molecule has 0 amide bonds. The highest BCUT2D eigenvalue weighted by molar-refractivity contribution is 5.85. The third-order valence-corrected chi connectivity index (χ3v) is 2.67. The smallest absolute Gasteiger partial charge is 0.122 e. The molecule has 0 unspecified atom stereocenters. The first-order valence-electron chi connectivity index (χ1n) is 5.88. The lowest BCUT2D eigenvalue weighted by molar-refractivity contribution is 0.260. The minimum absolute atomic E-state index is 0. The van der Waals surface area contributed by atoms with Crippen molar-refractivity contribution in [1.29, 1.82) is 0 Å². The Kier molecular flexibility index (Phi) is 7.24. The molecule has 0 aliphatic rings. The van der Waals surface area contributed by atoms with E-state index in [1.807, 2.05) is 0 Å². The van der Waals surface area contributed by atoms with Gasteiger partial charge in [-0.25, -0.2) is 0 Å². The maximum Gasteiger partial charge on any atom is 0.122 e. The number of likely N-dealkylation sites (N-methyl/N-ethyl adjacent to an activating group) is 1. The molecule has 2 nitrogen and oxygen atoms in total. The van der Waals surface area contributed by atoms with E-state index in [0.29, 0.717) is 5.92 Å². The number of halogens is 1. The van der Waals surface area contributed by atoms with Gasteiger partial charge < -0.3 is 9.64 Å². The van der Waals surface area contributed by atoms with Crippen LogP contribution in [0.2, 0.25) is 0 Å². The molecule has 1 aromatic rings.